The van der Waals surface area contributed by atoms with Gasteiger partial charge in [-0.2, -0.15) is 0 Å². The van der Waals surface area contributed by atoms with E-state index in [1.807, 2.05) is 32.0 Å². The summed E-state index contributed by atoms with van der Waals surface area (Å²) in [6.45, 7) is 8.25. The third-order valence-corrected chi connectivity index (χ3v) is 1.64. The van der Waals surface area contributed by atoms with Gasteiger partial charge in [-0.15, -0.1) is 0 Å². The van der Waals surface area contributed by atoms with E-state index in [1.165, 1.54) is 12.0 Å². The lowest BCUT2D eigenvalue weighted by Gasteiger charge is -1.88. The second-order valence-corrected chi connectivity index (χ2v) is 2.89. The lowest BCUT2D eigenvalue weighted by molar-refractivity contribution is 1.09. The normalized spacial score (nSPS) is 7.46. The van der Waals surface area contributed by atoms with Crippen molar-refractivity contribution in [3.05, 3.63) is 35.9 Å². The van der Waals surface area contributed by atoms with E-state index >= 15 is 0 Å². The lowest BCUT2D eigenvalue weighted by atomic mass is 10.2. The van der Waals surface area contributed by atoms with E-state index in [0.29, 0.717) is 0 Å². The minimum atomic E-state index is 0.952. The predicted octanol–water partition coefficient (Wildman–Crippen LogP) is 5.02. The molecule has 0 saturated heterocycles. The third-order valence-electron chi connectivity index (χ3n) is 0.997. The van der Waals surface area contributed by atoms with Crippen LogP contribution in [0.3, 0.4) is 0 Å². The maximum Gasteiger partial charge on any atom is 0.0283 e. The molecule has 0 bridgehead atoms. The Balaban J connectivity index is 0. The summed E-state index contributed by atoms with van der Waals surface area (Å²) in [5, 5.41) is 0.952. The highest BCUT2D eigenvalue weighted by molar-refractivity contribution is 9.08. The van der Waals surface area contributed by atoms with E-state index in [1.54, 1.807) is 0 Å². The first-order valence-corrected chi connectivity index (χ1v) is 6.07. The molecule has 13 heavy (non-hydrogen) atoms. The third kappa shape index (κ3) is 11.7. The number of halogens is 1. The van der Waals surface area contributed by atoms with Crippen molar-refractivity contribution in [2.45, 2.75) is 39.4 Å². The van der Waals surface area contributed by atoms with Crippen molar-refractivity contribution in [2.75, 3.05) is 0 Å². The topological polar surface area (TPSA) is 0 Å². The van der Waals surface area contributed by atoms with Gasteiger partial charge in [0.05, 0.1) is 0 Å². The molecule has 0 aliphatic heterocycles. The highest BCUT2D eigenvalue weighted by Gasteiger charge is 1.81. The van der Waals surface area contributed by atoms with Crippen LogP contribution in [0, 0.1) is 0 Å². The molecule has 1 aromatic carbocycles. The summed E-state index contributed by atoms with van der Waals surface area (Å²) in [4.78, 5) is 0. The average Bonchev–Trinajstić information content (AvgIpc) is 2.23. The molecule has 0 fully saturated rings. The molecule has 76 valence electrons. The second-order valence-electron chi connectivity index (χ2n) is 2.33. The molecule has 0 nitrogen and oxygen atoms in total. The molecule has 0 N–H and O–H groups in total. The van der Waals surface area contributed by atoms with Crippen LogP contribution in [0.5, 0.6) is 0 Å². The van der Waals surface area contributed by atoms with Gasteiger partial charge in [0.2, 0.25) is 0 Å². The van der Waals surface area contributed by atoms with Gasteiger partial charge in [0, 0.05) is 5.33 Å². The van der Waals surface area contributed by atoms with Crippen molar-refractivity contribution in [3.63, 3.8) is 0 Å². The Morgan fingerprint density at radius 2 is 1.38 bits per heavy atom. The molecular formula is C12H21Br. The molecule has 0 radical (unpaired) electrons. The molecular weight excluding hydrogens is 224 g/mol. The Morgan fingerprint density at radius 1 is 1.00 bits per heavy atom. The van der Waals surface area contributed by atoms with Gasteiger partial charge in [0.15, 0.2) is 0 Å². The van der Waals surface area contributed by atoms with Crippen LogP contribution in [-0.4, -0.2) is 0 Å². The molecule has 0 atom stereocenters. The molecule has 1 rings (SSSR count). The number of benzene rings is 1. The lowest BCUT2D eigenvalue weighted by Crippen LogP contribution is -1.70. The van der Waals surface area contributed by atoms with Crippen LogP contribution < -0.4 is 0 Å². The van der Waals surface area contributed by atoms with Gasteiger partial charge in [-0.3, -0.25) is 0 Å². The van der Waals surface area contributed by atoms with Crippen molar-refractivity contribution in [3.8, 4) is 0 Å². The van der Waals surface area contributed by atoms with Gasteiger partial charge >= 0.3 is 0 Å². The van der Waals surface area contributed by atoms with Crippen molar-refractivity contribution in [1.82, 2.24) is 0 Å². The highest BCUT2D eigenvalue weighted by atomic mass is 79.9. The van der Waals surface area contributed by atoms with Gasteiger partial charge in [0.1, 0.15) is 0 Å². The van der Waals surface area contributed by atoms with Gasteiger partial charge < -0.3 is 0 Å². The zero-order chi connectivity index (χ0) is 10.5. The molecule has 0 saturated carbocycles. The fourth-order valence-corrected chi connectivity index (χ4v) is 0.941. The predicted molar refractivity (Wildman–Crippen MR) is 66.4 cm³/mol. The monoisotopic (exact) mass is 244 g/mol. The number of rotatable bonds is 1. The van der Waals surface area contributed by atoms with Crippen LogP contribution in [0.1, 0.15) is 39.7 Å². The molecule has 0 aliphatic rings. The second kappa shape index (κ2) is 14.2. The summed E-state index contributed by atoms with van der Waals surface area (Å²) in [6, 6.07) is 10.3. The van der Waals surface area contributed by atoms with Crippen molar-refractivity contribution in [2.24, 2.45) is 0 Å². The Morgan fingerprint density at radius 3 is 1.62 bits per heavy atom. The van der Waals surface area contributed by atoms with Gasteiger partial charge in [-0.1, -0.05) is 80.4 Å². The Bertz CT molecular complexity index is 158. The Labute approximate surface area is 91.5 Å². The molecule has 1 heteroatoms. The molecule has 1 aromatic rings. The summed E-state index contributed by atoms with van der Waals surface area (Å²) in [7, 11) is 0. The maximum atomic E-state index is 3.36. The Hall–Kier alpha value is -0.300. The standard InChI is InChI=1S/C7H7Br.C3H8.C2H6/c8-6-7-4-2-1-3-5-7;1-3-2;1-2/h1-5H,6H2;3H2,1-2H3;1-2H3. The van der Waals surface area contributed by atoms with Crippen molar-refractivity contribution < 1.29 is 0 Å². The SMILES string of the molecule is BrCc1ccccc1.CC.CCC. The van der Waals surface area contributed by atoms with E-state index in [-0.39, 0.29) is 0 Å². The highest BCUT2D eigenvalue weighted by Crippen LogP contribution is 2.02. The van der Waals surface area contributed by atoms with Crippen LogP contribution in [0.2, 0.25) is 0 Å². The van der Waals surface area contributed by atoms with Crippen LogP contribution in [0.25, 0.3) is 0 Å². The maximum absolute atomic E-state index is 3.36. The van der Waals surface area contributed by atoms with Gasteiger partial charge in [-0.05, 0) is 5.56 Å². The zero-order valence-corrected chi connectivity index (χ0v) is 10.8. The smallest absolute Gasteiger partial charge is 0.0283 e. The summed E-state index contributed by atoms with van der Waals surface area (Å²) < 4.78 is 0. The Kier molecular flexibility index (Phi) is 16.6. The summed E-state index contributed by atoms with van der Waals surface area (Å²) in [6.07, 6.45) is 1.25. The molecule has 0 unspecified atom stereocenters. The van der Waals surface area contributed by atoms with E-state index in [4.69, 9.17) is 0 Å². The summed E-state index contributed by atoms with van der Waals surface area (Å²) >= 11 is 3.36. The minimum Gasteiger partial charge on any atom is -0.0876 e. The van der Waals surface area contributed by atoms with Gasteiger partial charge in [-0.25, -0.2) is 0 Å². The summed E-state index contributed by atoms with van der Waals surface area (Å²) in [5.74, 6) is 0. The van der Waals surface area contributed by atoms with Crippen LogP contribution in [0.4, 0.5) is 0 Å². The van der Waals surface area contributed by atoms with Crippen LogP contribution in [-0.2, 0) is 5.33 Å². The number of hydrogen-bond donors (Lipinski definition) is 0. The first-order chi connectivity index (χ1) is 6.35. The quantitative estimate of drug-likeness (QED) is 0.609. The molecule has 0 spiro atoms. The van der Waals surface area contributed by atoms with Crippen molar-refractivity contribution >= 4 is 15.9 Å². The molecule has 0 aromatic heterocycles. The van der Waals surface area contributed by atoms with Crippen molar-refractivity contribution in [1.29, 1.82) is 0 Å². The number of hydrogen-bond acceptors (Lipinski definition) is 0. The van der Waals surface area contributed by atoms with E-state index < -0.39 is 0 Å². The first-order valence-electron chi connectivity index (χ1n) is 4.95. The summed E-state index contributed by atoms with van der Waals surface area (Å²) in [5.41, 5.74) is 1.33. The fourth-order valence-electron chi connectivity index (χ4n) is 0.567. The minimum absolute atomic E-state index is 0.952. The molecule has 0 amide bonds. The van der Waals surface area contributed by atoms with E-state index in [0.717, 1.165) is 5.33 Å². The number of alkyl halides is 1. The van der Waals surface area contributed by atoms with E-state index in [9.17, 15) is 0 Å². The average molecular weight is 245 g/mol. The fraction of sp³-hybridized carbons (Fsp3) is 0.500. The van der Waals surface area contributed by atoms with Crippen LogP contribution >= 0.6 is 15.9 Å². The molecule has 0 heterocycles. The first kappa shape index (κ1) is 15.2. The largest absolute Gasteiger partial charge is 0.0876 e. The zero-order valence-electron chi connectivity index (χ0n) is 9.18. The van der Waals surface area contributed by atoms with Gasteiger partial charge in [0.25, 0.3) is 0 Å². The van der Waals surface area contributed by atoms with Crippen LogP contribution in [0.15, 0.2) is 30.3 Å². The van der Waals surface area contributed by atoms with E-state index in [2.05, 4.69) is 41.9 Å². The molecule has 0 aliphatic carbocycles.